The summed E-state index contributed by atoms with van der Waals surface area (Å²) in [7, 11) is 2.02. The Morgan fingerprint density at radius 3 is 2.87 bits per heavy atom. The van der Waals surface area contributed by atoms with Crippen LogP contribution < -0.4 is 10.2 Å². The van der Waals surface area contributed by atoms with Gasteiger partial charge in [-0.3, -0.25) is 0 Å². The van der Waals surface area contributed by atoms with E-state index in [1.54, 1.807) is 6.20 Å². The Balaban J connectivity index is 2.36. The van der Waals surface area contributed by atoms with E-state index in [1.165, 1.54) is 6.42 Å². The van der Waals surface area contributed by atoms with Crippen molar-refractivity contribution < 1.29 is 0 Å². The van der Waals surface area contributed by atoms with Gasteiger partial charge in [0.25, 0.3) is 0 Å². The monoisotopic (exact) mass is 208 g/mol. The zero-order valence-corrected chi connectivity index (χ0v) is 9.82. The summed E-state index contributed by atoms with van der Waals surface area (Å²) in [5.41, 5.74) is 1.01. The fourth-order valence-corrected chi connectivity index (χ4v) is 1.27. The standard InChI is InChI=1S/C11H20N4/c1-4-6-12-8-9-15(3)11-13-7-5-10(2)14-11/h5,7,12H,4,6,8-9H2,1-3H3. The highest BCUT2D eigenvalue weighted by Gasteiger charge is 2.02. The molecule has 0 fully saturated rings. The van der Waals surface area contributed by atoms with Crippen LogP contribution in [0.1, 0.15) is 19.0 Å². The van der Waals surface area contributed by atoms with E-state index in [1.807, 2.05) is 20.0 Å². The van der Waals surface area contributed by atoms with Crippen molar-refractivity contribution >= 4 is 5.95 Å². The Morgan fingerprint density at radius 1 is 1.40 bits per heavy atom. The number of hydrogen-bond acceptors (Lipinski definition) is 4. The minimum Gasteiger partial charge on any atom is -0.343 e. The molecule has 0 aliphatic rings. The smallest absolute Gasteiger partial charge is 0.225 e. The maximum absolute atomic E-state index is 4.36. The fourth-order valence-electron chi connectivity index (χ4n) is 1.27. The molecule has 0 atom stereocenters. The van der Waals surface area contributed by atoms with Crippen LogP contribution in [0, 0.1) is 6.92 Å². The third-order valence-electron chi connectivity index (χ3n) is 2.17. The predicted molar refractivity (Wildman–Crippen MR) is 63.2 cm³/mol. The first-order valence-corrected chi connectivity index (χ1v) is 5.45. The van der Waals surface area contributed by atoms with Gasteiger partial charge in [0.05, 0.1) is 0 Å². The van der Waals surface area contributed by atoms with Crippen molar-refractivity contribution in [3.63, 3.8) is 0 Å². The number of hydrogen-bond donors (Lipinski definition) is 1. The summed E-state index contributed by atoms with van der Waals surface area (Å²) in [6.07, 6.45) is 2.97. The van der Waals surface area contributed by atoms with Gasteiger partial charge in [-0.05, 0) is 26.0 Å². The van der Waals surface area contributed by atoms with Crippen molar-refractivity contribution in [2.75, 3.05) is 31.6 Å². The Bertz CT molecular complexity index is 288. The Labute approximate surface area is 91.7 Å². The Morgan fingerprint density at radius 2 is 2.20 bits per heavy atom. The lowest BCUT2D eigenvalue weighted by atomic mass is 10.4. The molecular formula is C11H20N4. The lowest BCUT2D eigenvalue weighted by Crippen LogP contribution is -2.30. The summed E-state index contributed by atoms with van der Waals surface area (Å²) in [6, 6.07) is 1.91. The SMILES string of the molecule is CCCNCCN(C)c1nccc(C)n1. The molecule has 1 aromatic heterocycles. The van der Waals surface area contributed by atoms with Crippen molar-refractivity contribution in [2.24, 2.45) is 0 Å². The number of aryl methyl sites for hydroxylation is 1. The molecule has 15 heavy (non-hydrogen) atoms. The zero-order chi connectivity index (χ0) is 11.1. The highest BCUT2D eigenvalue weighted by Crippen LogP contribution is 2.03. The van der Waals surface area contributed by atoms with E-state index >= 15 is 0 Å². The molecule has 0 amide bonds. The minimum absolute atomic E-state index is 0.799. The molecule has 0 saturated heterocycles. The molecule has 1 aromatic rings. The lowest BCUT2D eigenvalue weighted by Gasteiger charge is -2.17. The molecule has 84 valence electrons. The second-order valence-electron chi connectivity index (χ2n) is 3.67. The van der Waals surface area contributed by atoms with Gasteiger partial charge in [-0.15, -0.1) is 0 Å². The summed E-state index contributed by atoms with van der Waals surface area (Å²) >= 11 is 0. The molecule has 4 nitrogen and oxygen atoms in total. The van der Waals surface area contributed by atoms with E-state index in [4.69, 9.17) is 0 Å². The molecule has 0 radical (unpaired) electrons. The molecule has 0 bridgehead atoms. The van der Waals surface area contributed by atoms with Gasteiger partial charge in [0.15, 0.2) is 0 Å². The van der Waals surface area contributed by atoms with Crippen LogP contribution in [-0.2, 0) is 0 Å². The van der Waals surface area contributed by atoms with Crippen molar-refractivity contribution in [1.29, 1.82) is 0 Å². The van der Waals surface area contributed by atoms with Gasteiger partial charge >= 0.3 is 0 Å². The minimum atomic E-state index is 0.799. The maximum Gasteiger partial charge on any atom is 0.225 e. The first-order valence-electron chi connectivity index (χ1n) is 5.45. The molecule has 0 unspecified atom stereocenters. The zero-order valence-electron chi connectivity index (χ0n) is 9.82. The number of likely N-dealkylation sites (N-methyl/N-ethyl adjacent to an activating group) is 1. The summed E-state index contributed by atoms with van der Waals surface area (Å²) < 4.78 is 0. The first-order chi connectivity index (χ1) is 7.24. The third-order valence-corrected chi connectivity index (χ3v) is 2.17. The number of aromatic nitrogens is 2. The summed E-state index contributed by atoms with van der Waals surface area (Å²) in [5, 5.41) is 3.35. The van der Waals surface area contributed by atoms with Gasteiger partial charge in [-0.2, -0.15) is 0 Å². The van der Waals surface area contributed by atoms with Gasteiger partial charge in [0, 0.05) is 32.0 Å². The van der Waals surface area contributed by atoms with Crippen LogP contribution >= 0.6 is 0 Å². The van der Waals surface area contributed by atoms with Crippen molar-refractivity contribution in [1.82, 2.24) is 15.3 Å². The van der Waals surface area contributed by atoms with E-state index in [2.05, 4.69) is 27.1 Å². The van der Waals surface area contributed by atoms with E-state index in [-0.39, 0.29) is 0 Å². The third kappa shape index (κ3) is 4.25. The normalized spacial score (nSPS) is 10.3. The molecule has 0 saturated carbocycles. The topological polar surface area (TPSA) is 41.0 Å². The van der Waals surface area contributed by atoms with Gasteiger partial charge in [0.1, 0.15) is 0 Å². The Kier molecular flexibility index (Phi) is 5.04. The van der Waals surface area contributed by atoms with E-state index in [9.17, 15) is 0 Å². The molecular weight excluding hydrogens is 188 g/mol. The number of rotatable bonds is 6. The second kappa shape index (κ2) is 6.35. The molecule has 0 aliphatic carbocycles. The average molecular weight is 208 g/mol. The molecule has 4 heteroatoms. The van der Waals surface area contributed by atoms with Crippen molar-refractivity contribution in [3.05, 3.63) is 18.0 Å². The van der Waals surface area contributed by atoms with Crippen LogP contribution in [0.25, 0.3) is 0 Å². The van der Waals surface area contributed by atoms with Crippen molar-refractivity contribution in [3.8, 4) is 0 Å². The van der Waals surface area contributed by atoms with Crippen LogP contribution in [0.5, 0.6) is 0 Å². The maximum atomic E-state index is 4.36. The van der Waals surface area contributed by atoms with Crippen LogP contribution in [0.2, 0.25) is 0 Å². The lowest BCUT2D eigenvalue weighted by molar-refractivity contribution is 0.661. The predicted octanol–water partition coefficient (Wildman–Crippen LogP) is 1.22. The van der Waals surface area contributed by atoms with Crippen molar-refractivity contribution in [2.45, 2.75) is 20.3 Å². The molecule has 0 aromatic carbocycles. The molecule has 1 heterocycles. The van der Waals surface area contributed by atoms with E-state index < -0.39 is 0 Å². The van der Waals surface area contributed by atoms with Gasteiger partial charge in [-0.1, -0.05) is 6.92 Å². The van der Waals surface area contributed by atoms with Crippen LogP contribution in [0.15, 0.2) is 12.3 Å². The van der Waals surface area contributed by atoms with Crippen LogP contribution in [-0.4, -0.2) is 36.6 Å². The molecule has 0 aliphatic heterocycles. The molecule has 1 N–H and O–H groups in total. The van der Waals surface area contributed by atoms with Crippen LogP contribution in [0.3, 0.4) is 0 Å². The quantitative estimate of drug-likeness (QED) is 0.714. The number of nitrogens with zero attached hydrogens (tertiary/aromatic N) is 3. The van der Waals surface area contributed by atoms with Gasteiger partial charge in [0.2, 0.25) is 5.95 Å². The second-order valence-corrected chi connectivity index (χ2v) is 3.67. The summed E-state index contributed by atoms with van der Waals surface area (Å²) in [4.78, 5) is 10.6. The average Bonchev–Trinajstić information content (AvgIpc) is 2.24. The summed E-state index contributed by atoms with van der Waals surface area (Å²) in [5.74, 6) is 0.799. The van der Waals surface area contributed by atoms with Crippen LogP contribution in [0.4, 0.5) is 5.95 Å². The largest absolute Gasteiger partial charge is 0.343 e. The highest BCUT2D eigenvalue weighted by molar-refractivity contribution is 5.28. The Hall–Kier alpha value is -1.16. The van der Waals surface area contributed by atoms with E-state index in [0.717, 1.165) is 31.3 Å². The fraction of sp³-hybridized carbons (Fsp3) is 0.636. The van der Waals surface area contributed by atoms with E-state index in [0.29, 0.717) is 0 Å². The number of anilines is 1. The van der Waals surface area contributed by atoms with Gasteiger partial charge in [-0.25, -0.2) is 9.97 Å². The molecule has 0 spiro atoms. The summed E-state index contributed by atoms with van der Waals surface area (Å²) in [6.45, 7) is 7.13. The number of nitrogens with one attached hydrogen (secondary N) is 1. The van der Waals surface area contributed by atoms with Gasteiger partial charge < -0.3 is 10.2 Å². The first kappa shape index (κ1) is 11.9. The molecule has 1 rings (SSSR count). The highest BCUT2D eigenvalue weighted by atomic mass is 15.2.